The Kier molecular flexibility index (Phi) is 3.99. The van der Waals surface area contributed by atoms with Crippen molar-refractivity contribution < 1.29 is 4.79 Å². The summed E-state index contributed by atoms with van der Waals surface area (Å²) in [5.74, 6) is 0.542. The SMILES string of the molecule is Cc1cc(C(=O)CSc2n[nH]c(N)n2)c(C)n1-c1nccs1. The minimum Gasteiger partial charge on any atom is -0.368 e. The van der Waals surface area contributed by atoms with E-state index < -0.39 is 0 Å². The summed E-state index contributed by atoms with van der Waals surface area (Å²) in [6.07, 6.45) is 1.75. The zero-order chi connectivity index (χ0) is 15.7. The lowest BCUT2D eigenvalue weighted by molar-refractivity contribution is 0.102. The van der Waals surface area contributed by atoms with Gasteiger partial charge in [0.1, 0.15) is 0 Å². The Hall–Kier alpha value is -2.13. The molecule has 0 aliphatic carbocycles. The number of carbonyl (C=O) groups excluding carboxylic acids is 1. The van der Waals surface area contributed by atoms with Gasteiger partial charge in [-0.05, 0) is 19.9 Å². The molecule has 0 amide bonds. The highest BCUT2D eigenvalue weighted by atomic mass is 32.2. The standard InChI is InChI=1S/C13H14N6OS2/c1-7-5-9(8(2)19(7)13-15-3-4-21-13)10(20)6-22-12-16-11(14)17-18-12/h3-5H,6H2,1-2H3,(H3,14,16,17,18). The number of nitrogens with two attached hydrogens (primary N) is 1. The summed E-state index contributed by atoms with van der Waals surface area (Å²) in [5.41, 5.74) is 8.04. The van der Waals surface area contributed by atoms with Gasteiger partial charge in [-0.1, -0.05) is 11.8 Å². The maximum atomic E-state index is 12.4. The summed E-state index contributed by atoms with van der Waals surface area (Å²) >= 11 is 2.80. The van der Waals surface area contributed by atoms with Crippen LogP contribution >= 0.6 is 23.1 Å². The van der Waals surface area contributed by atoms with E-state index in [1.807, 2.05) is 29.9 Å². The van der Waals surface area contributed by atoms with Crippen LogP contribution in [0.1, 0.15) is 21.7 Å². The van der Waals surface area contributed by atoms with Crippen molar-refractivity contribution in [1.82, 2.24) is 24.7 Å². The van der Waals surface area contributed by atoms with Crippen molar-refractivity contribution in [2.75, 3.05) is 11.5 Å². The third kappa shape index (κ3) is 2.77. The van der Waals surface area contributed by atoms with E-state index in [0.717, 1.165) is 16.5 Å². The molecule has 0 spiro atoms. The van der Waals surface area contributed by atoms with Gasteiger partial charge in [0.05, 0.1) is 5.75 Å². The quantitative estimate of drug-likeness (QED) is 0.548. The van der Waals surface area contributed by atoms with Gasteiger partial charge in [0, 0.05) is 28.5 Å². The molecule has 3 aromatic heterocycles. The van der Waals surface area contributed by atoms with Crippen LogP contribution in [0.3, 0.4) is 0 Å². The predicted molar refractivity (Wildman–Crippen MR) is 86.8 cm³/mol. The Morgan fingerprint density at radius 2 is 2.32 bits per heavy atom. The van der Waals surface area contributed by atoms with Crippen LogP contribution in [0.2, 0.25) is 0 Å². The number of aromatic nitrogens is 5. The molecule has 0 radical (unpaired) electrons. The molecule has 0 unspecified atom stereocenters. The van der Waals surface area contributed by atoms with Crippen LogP contribution in [0.25, 0.3) is 5.13 Å². The summed E-state index contributed by atoms with van der Waals surface area (Å²) in [7, 11) is 0. The van der Waals surface area contributed by atoms with E-state index in [1.54, 1.807) is 6.20 Å². The maximum Gasteiger partial charge on any atom is 0.216 e. The number of nitrogens with one attached hydrogen (secondary N) is 1. The zero-order valence-corrected chi connectivity index (χ0v) is 13.7. The van der Waals surface area contributed by atoms with Crippen LogP contribution in [0, 0.1) is 13.8 Å². The number of carbonyl (C=O) groups is 1. The molecule has 22 heavy (non-hydrogen) atoms. The summed E-state index contributed by atoms with van der Waals surface area (Å²) in [5, 5.41) is 9.70. The van der Waals surface area contributed by atoms with E-state index >= 15 is 0 Å². The van der Waals surface area contributed by atoms with Crippen LogP contribution < -0.4 is 5.73 Å². The molecule has 0 saturated carbocycles. The molecule has 0 aliphatic rings. The zero-order valence-electron chi connectivity index (χ0n) is 12.0. The Bertz CT molecular complexity index is 805. The number of hydrogen-bond acceptors (Lipinski definition) is 7. The lowest BCUT2D eigenvalue weighted by Gasteiger charge is -2.05. The van der Waals surface area contributed by atoms with E-state index in [2.05, 4.69) is 20.2 Å². The molecular formula is C13H14N6OS2. The van der Waals surface area contributed by atoms with Gasteiger partial charge in [-0.3, -0.25) is 9.36 Å². The Labute approximate surface area is 135 Å². The highest BCUT2D eigenvalue weighted by molar-refractivity contribution is 7.99. The third-order valence-electron chi connectivity index (χ3n) is 3.16. The number of nitrogens with zero attached hydrogens (tertiary/aromatic N) is 4. The van der Waals surface area contributed by atoms with Gasteiger partial charge in [0.25, 0.3) is 0 Å². The highest BCUT2D eigenvalue weighted by Crippen LogP contribution is 2.24. The molecule has 0 aliphatic heterocycles. The molecule has 114 valence electrons. The first-order valence-electron chi connectivity index (χ1n) is 6.49. The summed E-state index contributed by atoms with van der Waals surface area (Å²) in [6, 6.07) is 1.89. The van der Waals surface area contributed by atoms with E-state index in [4.69, 9.17) is 5.73 Å². The van der Waals surface area contributed by atoms with E-state index in [1.165, 1.54) is 23.1 Å². The first-order chi connectivity index (χ1) is 10.6. The molecule has 0 aromatic carbocycles. The molecule has 3 aromatic rings. The molecule has 7 nitrogen and oxygen atoms in total. The molecule has 0 saturated heterocycles. The fourth-order valence-electron chi connectivity index (χ4n) is 2.20. The molecule has 3 heterocycles. The topological polar surface area (TPSA) is 102 Å². The first-order valence-corrected chi connectivity index (χ1v) is 8.35. The summed E-state index contributed by atoms with van der Waals surface area (Å²) in [4.78, 5) is 20.7. The lowest BCUT2D eigenvalue weighted by Crippen LogP contribution is -2.05. The van der Waals surface area contributed by atoms with Crippen molar-refractivity contribution in [3.8, 4) is 5.13 Å². The molecular weight excluding hydrogens is 320 g/mol. The molecule has 9 heteroatoms. The molecule has 3 N–H and O–H groups in total. The van der Waals surface area contributed by atoms with Crippen molar-refractivity contribution in [2.45, 2.75) is 19.0 Å². The number of anilines is 1. The smallest absolute Gasteiger partial charge is 0.216 e. The van der Waals surface area contributed by atoms with Crippen molar-refractivity contribution >= 4 is 34.8 Å². The number of ketones is 1. The van der Waals surface area contributed by atoms with Gasteiger partial charge in [0.15, 0.2) is 10.9 Å². The predicted octanol–water partition coefficient (Wildman–Crippen LogP) is 2.23. The van der Waals surface area contributed by atoms with E-state index in [0.29, 0.717) is 10.7 Å². The number of Topliss-reactive ketones (excluding diaryl/α,β-unsaturated/α-hetero) is 1. The molecule has 0 bridgehead atoms. The number of H-pyrrole nitrogens is 1. The average Bonchev–Trinajstić information content (AvgIpc) is 3.18. The normalized spacial score (nSPS) is 11.0. The van der Waals surface area contributed by atoms with E-state index in [-0.39, 0.29) is 17.5 Å². The third-order valence-corrected chi connectivity index (χ3v) is 4.76. The van der Waals surface area contributed by atoms with E-state index in [9.17, 15) is 4.79 Å². The second kappa shape index (κ2) is 5.93. The van der Waals surface area contributed by atoms with Gasteiger partial charge in [-0.2, -0.15) is 4.98 Å². The number of rotatable bonds is 5. The fourth-order valence-corrected chi connectivity index (χ4v) is 3.64. The van der Waals surface area contributed by atoms with Crippen LogP contribution in [0.15, 0.2) is 22.8 Å². The number of thiazole rings is 1. The molecule has 0 fully saturated rings. The van der Waals surface area contributed by atoms with Crippen molar-refractivity contribution in [1.29, 1.82) is 0 Å². The Morgan fingerprint density at radius 3 is 2.95 bits per heavy atom. The highest BCUT2D eigenvalue weighted by Gasteiger charge is 2.18. The van der Waals surface area contributed by atoms with Crippen molar-refractivity contribution in [3.05, 3.63) is 34.6 Å². The second-order valence-corrected chi connectivity index (χ2v) is 6.47. The number of aromatic amines is 1. The van der Waals surface area contributed by atoms with Crippen molar-refractivity contribution in [2.24, 2.45) is 0 Å². The first kappa shape index (κ1) is 14.8. The van der Waals surface area contributed by atoms with Crippen LogP contribution in [-0.2, 0) is 0 Å². The fraction of sp³-hybridized carbons (Fsp3) is 0.231. The monoisotopic (exact) mass is 334 g/mol. The average molecular weight is 334 g/mol. The van der Waals surface area contributed by atoms with Gasteiger partial charge >= 0.3 is 0 Å². The summed E-state index contributed by atoms with van der Waals surface area (Å²) < 4.78 is 1.99. The Balaban J connectivity index is 1.80. The van der Waals surface area contributed by atoms with Crippen LogP contribution in [-0.4, -0.2) is 36.3 Å². The summed E-state index contributed by atoms with van der Waals surface area (Å²) in [6.45, 7) is 3.89. The van der Waals surface area contributed by atoms with Gasteiger partial charge in [-0.25, -0.2) is 10.1 Å². The minimum absolute atomic E-state index is 0.0317. The largest absolute Gasteiger partial charge is 0.368 e. The number of aryl methyl sites for hydroxylation is 1. The number of hydrogen-bond donors (Lipinski definition) is 2. The number of thioether (sulfide) groups is 1. The molecule has 0 atom stereocenters. The lowest BCUT2D eigenvalue weighted by atomic mass is 10.2. The minimum atomic E-state index is 0.0317. The maximum absolute atomic E-state index is 12.4. The van der Waals surface area contributed by atoms with Crippen LogP contribution in [0.5, 0.6) is 0 Å². The number of nitrogen functional groups attached to an aromatic ring is 1. The molecule has 3 rings (SSSR count). The van der Waals surface area contributed by atoms with Crippen LogP contribution in [0.4, 0.5) is 5.95 Å². The second-order valence-electron chi connectivity index (χ2n) is 4.65. The van der Waals surface area contributed by atoms with Crippen molar-refractivity contribution in [3.63, 3.8) is 0 Å². The van der Waals surface area contributed by atoms with Gasteiger partial charge in [0.2, 0.25) is 11.1 Å². The Morgan fingerprint density at radius 1 is 1.50 bits per heavy atom. The van der Waals surface area contributed by atoms with Gasteiger partial charge in [-0.15, -0.1) is 16.4 Å². The van der Waals surface area contributed by atoms with Gasteiger partial charge < -0.3 is 5.73 Å².